The lowest BCUT2D eigenvalue weighted by Gasteiger charge is -2.18. The number of carbonyl (C=O) groups is 2. The molecule has 0 aliphatic carbocycles. The number of amides is 1. The number of nitrogens with zero attached hydrogens (tertiary/aromatic N) is 2. The number of nitrogens with one attached hydrogen (secondary N) is 1. The van der Waals surface area contributed by atoms with Gasteiger partial charge in [0, 0.05) is 22.2 Å². The number of esters is 1. The lowest BCUT2D eigenvalue weighted by atomic mass is 10.2. The van der Waals surface area contributed by atoms with Crippen LogP contribution in [0, 0.1) is 6.92 Å². The average Bonchev–Trinajstić information content (AvgIpc) is 3.39. The van der Waals surface area contributed by atoms with Crippen molar-refractivity contribution in [3.8, 4) is 17.2 Å². The zero-order valence-corrected chi connectivity index (χ0v) is 19.0. The van der Waals surface area contributed by atoms with Gasteiger partial charge in [-0.2, -0.15) is 5.10 Å². The highest BCUT2D eigenvalue weighted by molar-refractivity contribution is 7.20. The minimum absolute atomic E-state index is 0.389. The molecule has 0 saturated heterocycles. The van der Waals surface area contributed by atoms with Crippen molar-refractivity contribution in [2.24, 2.45) is 0 Å². The number of hydrogen-bond acceptors (Lipinski definition) is 7. The molecule has 4 aromatic rings. The van der Waals surface area contributed by atoms with Gasteiger partial charge in [-0.1, -0.05) is 11.6 Å². The lowest BCUT2D eigenvalue weighted by Crippen LogP contribution is -2.21. The van der Waals surface area contributed by atoms with E-state index in [4.69, 9.17) is 25.8 Å². The number of rotatable bonds is 5. The Bertz CT molecular complexity index is 1360. The van der Waals surface area contributed by atoms with Gasteiger partial charge >= 0.3 is 5.97 Å². The summed E-state index contributed by atoms with van der Waals surface area (Å²) >= 11 is 7.23. The van der Waals surface area contributed by atoms with E-state index in [0.717, 1.165) is 21.6 Å². The second-order valence-electron chi connectivity index (χ2n) is 7.29. The van der Waals surface area contributed by atoms with Crippen LogP contribution in [-0.2, 0) is 9.53 Å². The summed E-state index contributed by atoms with van der Waals surface area (Å²) in [5, 5.41) is 8.72. The number of ether oxygens (including phenoxy) is 3. The first-order valence-corrected chi connectivity index (χ1v) is 11.3. The smallest absolute Gasteiger partial charge is 0.348 e. The van der Waals surface area contributed by atoms with Crippen molar-refractivity contribution in [1.29, 1.82) is 0 Å². The number of aryl methyl sites for hydroxylation is 1. The second-order valence-corrected chi connectivity index (χ2v) is 8.75. The van der Waals surface area contributed by atoms with Gasteiger partial charge in [-0.15, -0.1) is 11.3 Å². The zero-order valence-electron chi connectivity index (χ0n) is 17.5. The molecule has 0 atom stereocenters. The third kappa shape index (κ3) is 4.37. The molecular weight excluding hydrogens is 466 g/mol. The summed E-state index contributed by atoms with van der Waals surface area (Å²) in [7, 11) is 0. The van der Waals surface area contributed by atoms with Gasteiger partial charge in [-0.05, 0) is 49.4 Å². The monoisotopic (exact) mass is 483 g/mol. The molecule has 0 bridgehead atoms. The molecule has 1 aliphatic rings. The third-order valence-corrected chi connectivity index (χ3v) is 6.32. The molecule has 8 nitrogen and oxygen atoms in total. The van der Waals surface area contributed by atoms with Crippen LogP contribution < -0.4 is 14.8 Å². The van der Waals surface area contributed by atoms with Crippen LogP contribution >= 0.6 is 22.9 Å². The molecular formula is C23H18ClN3O5S. The van der Waals surface area contributed by atoms with Crippen LogP contribution in [0.2, 0.25) is 5.02 Å². The van der Waals surface area contributed by atoms with Gasteiger partial charge in [-0.25, -0.2) is 9.48 Å². The maximum absolute atomic E-state index is 12.6. The highest BCUT2D eigenvalue weighted by Crippen LogP contribution is 2.33. The van der Waals surface area contributed by atoms with Gasteiger partial charge in [0.15, 0.2) is 18.1 Å². The summed E-state index contributed by atoms with van der Waals surface area (Å²) in [5.41, 5.74) is 2.14. The Kier molecular flexibility index (Phi) is 5.65. The molecule has 1 aliphatic heterocycles. The van der Waals surface area contributed by atoms with Gasteiger partial charge < -0.3 is 19.5 Å². The number of benzene rings is 2. The van der Waals surface area contributed by atoms with E-state index >= 15 is 0 Å². The summed E-state index contributed by atoms with van der Waals surface area (Å²) in [6.45, 7) is 2.40. The van der Waals surface area contributed by atoms with Gasteiger partial charge in [-0.3, -0.25) is 4.79 Å². The Morgan fingerprint density at radius 1 is 1.12 bits per heavy atom. The predicted octanol–water partition coefficient (Wildman–Crippen LogP) is 4.62. The number of thiophene rings is 1. The molecule has 1 amide bonds. The van der Waals surface area contributed by atoms with Crippen LogP contribution in [0.25, 0.3) is 15.9 Å². The highest BCUT2D eigenvalue weighted by Gasteiger charge is 2.19. The van der Waals surface area contributed by atoms with Crippen LogP contribution in [0.3, 0.4) is 0 Å². The van der Waals surface area contributed by atoms with Crippen molar-refractivity contribution in [2.75, 3.05) is 25.1 Å². The number of anilines is 1. The van der Waals surface area contributed by atoms with Gasteiger partial charge in [0.1, 0.15) is 22.9 Å². The van der Waals surface area contributed by atoms with Crippen LogP contribution in [0.4, 0.5) is 5.69 Å². The maximum atomic E-state index is 12.6. The van der Waals surface area contributed by atoms with E-state index in [9.17, 15) is 9.59 Å². The van der Waals surface area contributed by atoms with Crippen molar-refractivity contribution < 1.29 is 23.8 Å². The number of carbonyl (C=O) groups excluding carboxylic acids is 2. The molecule has 168 valence electrons. The average molecular weight is 484 g/mol. The molecule has 3 heterocycles. The maximum Gasteiger partial charge on any atom is 0.348 e. The quantitative estimate of drug-likeness (QED) is 0.417. The minimum atomic E-state index is -0.574. The van der Waals surface area contributed by atoms with Crippen molar-refractivity contribution in [1.82, 2.24) is 9.78 Å². The highest BCUT2D eigenvalue weighted by atomic mass is 35.5. The van der Waals surface area contributed by atoms with E-state index in [-0.39, 0.29) is 0 Å². The van der Waals surface area contributed by atoms with E-state index in [1.807, 2.05) is 19.1 Å². The van der Waals surface area contributed by atoms with E-state index in [2.05, 4.69) is 10.4 Å². The van der Waals surface area contributed by atoms with Gasteiger partial charge in [0.05, 0.1) is 11.4 Å². The number of hydrogen-bond donors (Lipinski definition) is 1. The molecule has 10 heteroatoms. The van der Waals surface area contributed by atoms with Crippen LogP contribution in [0.1, 0.15) is 15.4 Å². The fourth-order valence-corrected chi connectivity index (χ4v) is 4.63. The van der Waals surface area contributed by atoms with Crippen molar-refractivity contribution in [3.63, 3.8) is 0 Å². The van der Waals surface area contributed by atoms with Gasteiger partial charge in [0.2, 0.25) is 0 Å². The first kappa shape index (κ1) is 21.3. The molecule has 0 unspecified atom stereocenters. The Balaban J connectivity index is 1.26. The van der Waals surface area contributed by atoms with Crippen LogP contribution in [-0.4, -0.2) is 41.5 Å². The summed E-state index contributed by atoms with van der Waals surface area (Å²) in [6.07, 6.45) is 0. The molecule has 0 saturated carbocycles. The third-order valence-electron chi connectivity index (χ3n) is 4.98. The normalized spacial score (nSPS) is 12.5. The van der Waals surface area contributed by atoms with Crippen molar-refractivity contribution in [2.45, 2.75) is 6.92 Å². The van der Waals surface area contributed by atoms with E-state index in [1.54, 1.807) is 41.1 Å². The molecule has 2 aromatic carbocycles. The summed E-state index contributed by atoms with van der Waals surface area (Å²) in [5.74, 6) is 0.162. The van der Waals surface area contributed by atoms with Crippen molar-refractivity contribution >= 4 is 50.7 Å². The first-order valence-electron chi connectivity index (χ1n) is 10.1. The molecule has 0 radical (unpaired) electrons. The van der Waals surface area contributed by atoms with E-state index < -0.39 is 18.5 Å². The standard InChI is InChI=1S/C23H18ClN3O5S/c1-13-17-11-20(33-22(17)27(26-13)16-5-2-14(24)3-6-16)23(29)32-12-21(28)25-15-4-7-18-19(10-15)31-9-8-30-18/h2-7,10-11H,8-9,12H2,1H3,(H,25,28). The van der Waals surface area contributed by atoms with E-state index in [0.29, 0.717) is 40.3 Å². The van der Waals surface area contributed by atoms with Crippen molar-refractivity contribution in [3.05, 3.63) is 64.1 Å². The molecule has 0 fully saturated rings. The number of aromatic nitrogens is 2. The van der Waals surface area contributed by atoms with Crippen LogP contribution in [0.5, 0.6) is 11.5 Å². The topological polar surface area (TPSA) is 91.7 Å². The Labute approximate surface area is 197 Å². The molecule has 2 aromatic heterocycles. The van der Waals surface area contributed by atoms with E-state index in [1.165, 1.54) is 11.3 Å². The Morgan fingerprint density at radius 3 is 2.67 bits per heavy atom. The summed E-state index contributed by atoms with van der Waals surface area (Å²) in [6, 6.07) is 14.1. The molecule has 0 spiro atoms. The van der Waals surface area contributed by atoms with Gasteiger partial charge in [0.25, 0.3) is 5.91 Å². The molecule has 5 rings (SSSR count). The fraction of sp³-hybridized carbons (Fsp3) is 0.174. The lowest BCUT2D eigenvalue weighted by molar-refractivity contribution is -0.119. The number of halogens is 1. The zero-order chi connectivity index (χ0) is 22.9. The molecule has 1 N–H and O–H groups in total. The minimum Gasteiger partial charge on any atom is -0.486 e. The second kappa shape index (κ2) is 8.76. The fourth-order valence-electron chi connectivity index (χ4n) is 3.43. The number of fused-ring (bicyclic) bond motifs is 2. The SMILES string of the molecule is Cc1nn(-c2ccc(Cl)cc2)c2sc(C(=O)OCC(=O)Nc3ccc4c(c3)OCCO4)cc12. The largest absolute Gasteiger partial charge is 0.486 e. The van der Waals surface area contributed by atoms with Crippen LogP contribution in [0.15, 0.2) is 48.5 Å². The Hall–Kier alpha value is -3.56. The predicted molar refractivity (Wildman–Crippen MR) is 125 cm³/mol. The molecule has 33 heavy (non-hydrogen) atoms. The first-order chi connectivity index (χ1) is 16.0. The Morgan fingerprint density at radius 2 is 1.88 bits per heavy atom. The summed E-state index contributed by atoms with van der Waals surface area (Å²) < 4.78 is 18.0. The summed E-state index contributed by atoms with van der Waals surface area (Å²) in [4.78, 5) is 26.1.